The second kappa shape index (κ2) is 10.7. The van der Waals surface area contributed by atoms with Crippen molar-refractivity contribution in [1.29, 1.82) is 0 Å². The molecule has 0 radical (unpaired) electrons. The van der Waals surface area contributed by atoms with Crippen LogP contribution in [0.25, 0.3) is 0 Å². The Morgan fingerprint density at radius 2 is 1.92 bits per heavy atom. The van der Waals surface area contributed by atoms with Gasteiger partial charge in [-0.2, -0.15) is 4.98 Å². The van der Waals surface area contributed by atoms with E-state index in [2.05, 4.69) is 35.4 Å². The molecule has 2 aromatic rings. The molecule has 0 fully saturated rings. The van der Waals surface area contributed by atoms with Crippen LogP contribution in [-0.4, -0.2) is 48.1 Å². The van der Waals surface area contributed by atoms with Gasteiger partial charge < -0.3 is 25.4 Å². The number of halogens is 4. The summed E-state index contributed by atoms with van der Waals surface area (Å²) in [6.45, 7) is 0. The van der Waals surface area contributed by atoms with Crippen molar-refractivity contribution >= 4 is 35.1 Å². The maximum absolute atomic E-state index is 14.4. The molecule has 0 atom stereocenters. The van der Waals surface area contributed by atoms with E-state index in [1.54, 1.807) is 0 Å². The highest BCUT2D eigenvalue weighted by molar-refractivity contribution is 6.15. The first-order chi connectivity index (χ1) is 17.0. The number of aromatic nitrogens is 2. The summed E-state index contributed by atoms with van der Waals surface area (Å²) < 4.78 is 60.6. The van der Waals surface area contributed by atoms with Gasteiger partial charge in [0.15, 0.2) is 11.6 Å². The summed E-state index contributed by atoms with van der Waals surface area (Å²) in [6.07, 6.45) is 1.13. The Hall–Kier alpha value is -4.75. The van der Waals surface area contributed by atoms with Crippen molar-refractivity contribution in [1.82, 2.24) is 15.3 Å². The minimum Gasteiger partial charge on any atom is -0.465 e. The number of hydrogen-bond donors (Lipinski definition) is 3. The molecule has 1 heterocycles. The zero-order valence-corrected chi connectivity index (χ0v) is 18.6. The number of anilines is 3. The van der Waals surface area contributed by atoms with Gasteiger partial charge in [0.2, 0.25) is 17.6 Å². The van der Waals surface area contributed by atoms with Gasteiger partial charge in [0.1, 0.15) is 11.3 Å². The van der Waals surface area contributed by atoms with Crippen LogP contribution in [0.2, 0.25) is 0 Å². The summed E-state index contributed by atoms with van der Waals surface area (Å²) in [5.74, 6) is -4.56. The number of rotatable bonds is 7. The number of carbonyl (C=O) groups is 3. The molecule has 14 heteroatoms. The molecule has 188 valence electrons. The summed E-state index contributed by atoms with van der Waals surface area (Å²) in [5.41, 5.74) is -0.531. The molecule has 1 aromatic carbocycles. The summed E-state index contributed by atoms with van der Waals surface area (Å²) in [6, 6.07) is 2.89. The van der Waals surface area contributed by atoms with E-state index in [-0.39, 0.29) is 22.9 Å². The van der Waals surface area contributed by atoms with Gasteiger partial charge >= 0.3 is 12.3 Å². The van der Waals surface area contributed by atoms with E-state index < -0.39 is 47.0 Å². The zero-order chi connectivity index (χ0) is 26.5. The lowest BCUT2D eigenvalue weighted by Gasteiger charge is -2.15. The standard InChI is InChI=1S/C22H17F4N5O5/c1-27-17(32)8-11-4-3-5-15(18(11)33)30-21-28-10-14(23)19(31-21)29-12-6-7-16(36-22(24,25)26)13(9-12)20(34)35-2/h3-10H,1-2H3,(H,27,32)(H2,28,29,30,31). The fraction of sp³-hybridized carbons (Fsp3) is 0.136. The molecule has 0 saturated heterocycles. The van der Waals surface area contributed by atoms with Crippen LogP contribution < -0.4 is 20.7 Å². The third-order valence-corrected chi connectivity index (χ3v) is 4.44. The number of hydrogen-bond acceptors (Lipinski definition) is 9. The molecule has 10 nitrogen and oxygen atoms in total. The van der Waals surface area contributed by atoms with Crippen LogP contribution in [0.4, 0.5) is 35.0 Å². The molecule has 3 rings (SSSR count). The van der Waals surface area contributed by atoms with Gasteiger partial charge in [-0.25, -0.2) is 14.2 Å². The van der Waals surface area contributed by atoms with Crippen molar-refractivity contribution in [3.8, 4) is 5.75 Å². The SMILES string of the molecule is CNC(=O)C=C1C=CC=C(Nc2ncc(F)c(Nc3ccc(OC(F)(F)F)c(C(=O)OC)c3)n2)C1=O. The first-order valence-corrected chi connectivity index (χ1v) is 9.92. The molecule has 1 aliphatic rings. The summed E-state index contributed by atoms with van der Waals surface area (Å²) in [5, 5.41) is 7.49. The Morgan fingerprint density at radius 1 is 1.17 bits per heavy atom. The van der Waals surface area contributed by atoms with Crippen molar-refractivity contribution in [2.75, 3.05) is 24.8 Å². The van der Waals surface area contributed by atoms with Gasteiger partial charge in [0.25, 0.3) is 0 Å². The molecule has 1 amide bonds. The zero-order valence-electron chi connectivity index (χ0n) is 18.6. The lowest BCUT2D eigenvalue weighted by molar-refractivity contribution is -0.274. The Bertz CT molecular complexity index is 1300. The van der Waals surface area contributed by atoms with E-state index >= 15 is 0 Å². The second-order valence-electron chi connectivity index (χ2n) is 6.87. The molecule has 0 saturated carbocycles. The highest BCUT2D eigenvalue weighted by Crippen LogP contribution is 2.30. The molecule has 1 aliphatic carbocycles. The van der Waals surface area contributed by atoms with Crippen molar-refractivity contribution < 1.29 is 41.4 Å². The Balaban J connectivity index is 1.85. The number of alkyl halides is 3. The van der Waals surface area contributed by atoms with E-state index in [1.165, 1.54) is 25.3 Å². The van der Waals surface area contributed by atoms with Crippen LogP contribution in [0.5, 0.6) is 5.75 Å². The topological polar surface area (TPSA) is 132 Å². The highest BCUT2D eigenvalue weighted by Gasteiger charge is 2.33. The molecule has 0 aliphatic heterocycles. The summed E-state index contributed by atoms with van der Waals surface area (Å²) in [4.78, 5) is 43.7. The Morgan fingerprint density at radius 3 is 2.58 bits per heavy atom. The molecule has 1 aromatic heterocycles. The Kier molecular flexibility index (Phi) is 7.67. The molecular formula is C22H17F4N5O5. The average Bonchev–Trinajstić information content (AvgIpc) is 2.83. The monoisotopic (exact) mass is 507 g/mol. The van der Waals surface area contributed by atoms with Crippen LogP contribution in [0, 0.1) is 5.82 Å². The van der Waals surface area contributed by atoms with Crippen molar-refractivity contribution in [3.05, 3.63) is 71.4 Å². The van der Waals surface area contributed by atoms with Crippen molar-refractivity contribution in [2.24, 2.45) is 0 Å². The Labute approximate surface area is 200 Å². The van der Waals surface area contributed by atoms with E-state index in [9.17, 15) is 31.9 Å². The molecule has 0 bridgehead atoms. The van der Waals surface area contributed by atoms with E-state index in [4.69, 9.17) is 0 Å². The number of benzene rings is 1. The first kappa shape index (κ1) is 25.9. The number of esters is 1. The van der Waals surface area contributed by atoms with E-state index in [1.807, 2.05) is 0 Å². The smallest absolute Gasteiger partial charge is 0.465 e. The lowest BCUT2D eigenvalue weighted by atomic mass is 10.0. The number of nitrogens with zero attached hydrogens (tertiary/aromatic N) is 2. The molecule has 0 spiro atoms. The highest BCUT2D eigenvalue weighted by atomic mass is 19.4. The quantitative estimate of drug-likeness (QED) is 0.294. The fourth-order valence-electron chi connectivity index (χ4n) is 2.84. The number of Topliss-reactive ketones (excluding diaryl/α,β-unsaturated/α-hetero) is 1. The third kappa shape index (κ3) is 6.43. The molecule has 3 N–H and O–H groups in total. The molecule has 36 heavy (non-hydrogen) atoms. The normalized spacial score (nSPS) is 14.2. The lowest BCUT2D eigenvalue weighted by Crippen LogP contribution is -2.20. The van der Waals surface area contributed by atoms with Crippen LogP contribution in [-0.2, 0) is 14.3 Å². The van der Waals surface area contributed by atoms with Gasteiger partial charge in [0.05, 0.1) is 19.0 Å². The maximum Gasteiger partial charge on any atom is 0.573 e. The number of amides is 1. The first-order valence-electron chi connectivity index (χ1n) is 9.92. The van der Waals surface area contributed by atoms with E-state index in [0.717, 1.165) is 37.6 Å². The number of carbonyl (C=O) groups excluding carboxylic acids is 3. The number of allylic oxidation sites excluding steroid dienone is 4. The second-order valence-corrected chi connectivity index (χ2v) is 6.87. The van der Waals surface area contributed by atoms with Crippen molar-refractivity contribution in [3.63, 3.8) is 0 Å². The van der Waals surface area contributed by atoms with Crippen LogP contribution in [0.3, 0.4) is 0 Å². The molecular weight excluding hydrogens is 490 g/mol. The van der Waals surface area contributed by atoms with Gasteiger partial charge in [-0.1, -0.05) is 12.2 Å². The number of methoxy groups -OCH3 is 1. The number of nitrogens with one attached hydrogen (secondary N) is 3. The fourth-order valence-corrected chi connectivity index (χ4v) is 2.84. The van der Waals surface area contributed by atoms with Gasteiger partial charge in [-0.15, -0.1) is 13.2 Å². The van der Waals surface area contributed by atoms with Gasteiger partial charge in [0, 0.05) is 24.4 Å². The third-order valence-electron chi connectivity index (χ3n) is 4.44. The molecule has 0 unspecified atom stereocenters. The van der Waals surface area contributed by atoms with Crippen LogP contribution in [0.15, 0.2) is 60.0 Å². The average molecular weight is 507 g/mol. The predicted octanol–water partition coefficient (Wildman–Crippen LogP) is 3.15. The van der Waals surface area contributed by atoms with E-state index in [0.29, 0.717) is 0 Å². The summed E-state index contributed by atoms with van der Waals surface area (Å²) in [7, 11) is 2.37. The largest absolute Gasteiger partial charge is 0.573 e. The van der Waals surface area contributed by atoms with Crippen LogP contribution in [0.1, 0.15) is 10.4 Å². The maximum atomic E-state index is 14.4. The van der Waals surface area contributed by atoms with Crippen molar-refractivity contribution in [2.45, 2.75) is 6.36 Å². The predicted molar refractivity (Wildman–Crippen MR) is 118 cm³/mol. The van der Waals surface area contributed by atoms with Gasteiger partial charge in [-0.05, 0) is 24.3 Å². The number of ketones is 1. The van der Waals surface area contributed by atoms with Gasteiger partial charge in [-0.3, -0.25) is 9.59 Å². The number of likely N-dealkylation sites (N-methyl/N-ethyl adjacent to an activating group) is 1. The number of ether oxygens (including phenoxy) is 2. The summed E-state index contributed by atoms with van der Waals surface area (Å²) >= 11 is 0. The minimum atomic E-state index is -5.06. The van der Waals surface area contributed by atoms with Crippen LogP contribution >= 0.6 is 0 Å². The minimum absolute atomic E-state index is 0.00755.